The van der Waals surface area contributed by atoms with Crippen molar-refractivity contribution in [3.05, 3.63) is 35.2 Å². The fourth-order valence-corrected chi connectivity index (χ4v) is 3.36. The molecular formula is C15H13N5O4S2. The number of hydrogen-bond donors (Lipinski definition) is 1. The number of ether oxygens (including phenoxy) is 2. The van der Waals surface area contributed by atoms with Gasteiger partial charge in [0.2, 0.25) is 17.1 Å². The number of hydrogen-bond acceptors (Lipinski definition) is 10. The minimum Gasteiger partial charge on any atom is -0.485 e. The lowest BCUT2D eigenvalue weighted by molar-refractivity contribution is -0.113. The lowest BCUT2D eigenvalue weighted by atomic mass is 10.2. The van der Waals surface area contributed by atoms with E-state index in [2.05, 4.69) is 25.7 Å². The largest absolute Gasteiger partial charge is 0.485 e. The van der Waals surface area contributed by atoms with Crippen molar-refractivity contribution in [3.63, 3.8) is 0 Å². The molecule has 0 aliphatic carbocycles. The van der Waals surface area contributed by atoms with Crippen LogP contribution in [0, 0.1) is 6.92 Å². The molecule has 4 rings (SSSR count). The lowest BCUT2D eigenvalue weighted by Crippen LogP contribution is -2.21. The van der Waals surface area contributed by atoms with Gasteiger partial charge in [0.15, 0.2) is 11.5 Å². The zero-order valence-electron chi connectivity index (χ0n) is 13.5. The van der Waals surface area contributed by atoms with E-state index in [1.165, 1.54) is 11.3 Å². The molecule has 9 nitrogen and oxygen atoms in total. The van der Waals surface area contributed by atoms with E-state index >= 15 is 0 Å². The van der Waals surface area contributed by atoms with Crippen molar-refractivity contribution in [1.29, 1.82) is 0 Å². The molecule has 0 fully saturated rings. The highest BCUT2D eigenvalue weighted by molar-refractivity contribution is 7.99. The van der Waals surface area contributed by atoms with Gasteiger partial charge < -0.3 is 13.9 Å². The van der Waals surface area contributed by atoms with E-state index in [-0.39, 0.29) is 23.5 Å². The Morgan fingerprint density at radius 1 is 1.27 bits per heavy atom. The summed E-state index contributed by atoms with van der Waals surface area (Å²) in [4.78, 5) is 11.9. The number of amides is 1. The Labute approximate surface area is 156 Å². The molecule has 1 aliphatic rings. The van der Waals surface area contributed by atoms with E-state index < -0.39 is 6.10 Å². The Bertz CT molecular complexity index is 928. The number of aromatic nitrogens is 4. The highest BCUT2D eigenvalue weighted by Crippen LogP contribution is 2.35. The second-order valence-electron chi connectivity index (χ2n) is 5.23. The van der Waals surface area contributed by atoms with Crippen molar-refractivity contribution in [2.45, 2.75) is 18.3 Å². The average molecular weight is 391 g/mol. The molecule has 134 valence electrons. The van der Waals surface area contributed by atoms with Crippen LogP contribution in [0.2, 0.25) is 0 Å². The molecule has 1 aromatic carbocycles. The fourth-order valence-electron chi connectivity index (χ4n) is 2.18. The third kappa shape index (κ3) is 3.78. The third-order valence-electron chi connectivity index (χ3n) is 3.31. The highest BCUT2D eigenvalue weighted by atomic mass is 32.2. The van der Waals surface area contributed by atoms with Crippen LogP contribution in [-0.4, -0.2) is 38.7 Å². The molecule has 0 saturated carbocycles. The lowest BCUT2D eigenvalue weighted by Gasteiger charge is -2.23. The number of carbonyl (C=O) groups is 1. The van der Waals surface area contributed by atoms with Crippen molar-refractivity contribution >= 4 is 34.1 Å². The van der Waals surface area contributed by atoms with Gasteiger partial charge in [-0.05, 0) is 19.1 Å². The first kappa shape index (κ1) is 16.8. The van der Waals surface area contributed by atoms with Gasteiger partial charge in [-0.1, -0.05) is 35.2 Å². The number of aryl methyl sites for hydroxylation is 1. The van der Waals surface area contributed by atoms with Crippen molar-refractivity contribution in [3.8, 4) is 11.5 Å². The maximum Gasteiger partial charge on any atom is 0.277 e. The van der Waals surface area contributed by atoms with E-state index in [0.717, 1.165) is 16.8 Å². The average Bonchev–Trinajstić information content (AvgIpc) is 3.28. The SMILES string of the molecule is Cc1nnc(NC(=O)CSc2nnc([C@H]3COc4ccccc4O3)o2)s1. The molecule has 1 amide bonds. The van der Waals surface area contributed by atoms with Gasteiger partial charge in [0, 0.05) is 0 Å². The summed E-state index contributed by atoms with van der Waals surface area (Å²) in [6.45, 7) is 2.09. The topological polar surface area (TPSA) is 112 Å². The number of para-hydroxylation sites is 2. The number of carbonyl (C=O) groups excluding carboxylic acids is 1. The maximum atomic E-state index is 11.9. The van der Waals surface area contributed by atoms with Gasteiger partial charge in [-0.25, -0.2) is 0 Å². The maximum absolute atomic E-state index is 11.9. The van der Waals surface area contributed by atoms with Crippen LogP contribution in [0.5, 0.6) is 11.5 Å². The molecule has 1 atom stereocenters. The van der Waals surface area contributed by atoms with E-state index in [1.807, 2.05) is 31.2 Å². The molecule has 0 radical (unpaired) electrons. The quantitative estimate of drug-likeness (QED) is 0.655. The van der Waals surface area contributed by atoms with Crippen LogP contribution in [0.25, 0.3) is 0 Å². The second kappa shape index (κ2) is 7.30. The molecule has 3 aromatic rings. The fraction of sp³-hybridized carbons (Fsp3) is 0.267. The van der Waals surface area contributed by atoms with Gasteiger partial charge >= 0.3 is 0 Å². The summed E-state index contributed by atoms with van der Waals surface area (Å²) in [5.41, 5.74) is 0. The van der Waals surface area contributed by atoms with E-state index in [1.54, 1.807) is 0 Å². The van der Waals surface area contributed by atoms with Crippen molar-refractivity contribution in [1.82, 2.24) is 20.4 Å². The first-order chi connectivity index (χ1) is 12.7. The summed E-state index contributed by atoms with van der Waals surface area (Å²) >= 11 is 2.44. The van der Waals surface area contributed by atoms with Gasteiger partial charge in [-0.2, -0.15) is 0 Å². The van der Waals surface area contributed by atoms with Gasteiger partial charge in [-0.15, -0.1) is 20.4 Å². The van der Waals surface area contributed by atoms with E-state index in [9.17, 15) is 4.79 Å². The minimum atomic E-state index is -0.482. The number of nitrogens with zero attached hydrogens (tertiary/aromatic N) is 4. The summed E-state index contributed by atoms with van der Waals surface area (Å²) in [5.74, 6) is 1.51. The summed E-state index contributed by atoms with van der Waals surface area (Å²) in [5, 5.41) is 19.8. The summed E-state index contributed by atoms with van der Waals surface area (Å²) in [6.07, 6.45) is -0.482. The number of anilines is 1. The smallest absolute Gasteiger partial charge is 0.277 e. The van der Waals surface area contributed by atoms with Crippen LogP contribution in [0.15, 0.2) is 33.9 Å². The molecule has 26 heavy (non-hydrogen) atoms. The summed E-state index contributed by atoms with van der Waals surface area (Å²) in [7, 11) is 0. The number of thioether (sulfide) groups is 1. The molecular weight excluding hydrogens is 378 g/mol. The molecule has 2 aromatic heterocycles. The van der Waals surface area contributed by atoms with Crippen LogP contribution >= 0.6 is 23.1 Å². The summed E-state index contributed by atoms with van der Waals surface area (Å²) in [6, 6.07) is 7.38. The number of benzene rings is 1. The van der Waals surface area contributed by atoms with Crippen LogP contribution in [-0.2, 0) is 4.79 Å². The Morgan fingerprint density at radius 3 is 2.92 bits per heavy atom. The van der Waals surface area contributed by atoms with Crippen molar-refractivity contribution in [2.75, 3.05) is 17.7 Å². The van der Waals surface area contributed by atoms with Crippen molar-refractivity contribution in [2.24, 2.45) is 0 Å². The molecule has 3 heterocycles. The van der Waals surface area contributed by atoms with Crippen LogP contribution in [0.4, 0.5) is 5.13 Å². The zero-order chi connectivity index (χ0) is 17.9. The molecule has 0 saturated heterocycles. The third-order valence-corrected chi connectivity index (χ3v) is 4.88. The Balaban J connectivity index is 1.33. The number of nitrogens with one attached hydrogen (secondary N) is 1. The zero-order valence-corrected chi connectivity index (χ0v) is 15.2. The number of rotatable bonds is 5. The Morgan fingerprint density at radius 2 is 2.12 bits per heavy atom. The molecule has 1 N–H and O–H groups in total. The molecule has 0 unspecified atom stereocenters. The monoisotopic (exact) mass is 391 g/mol. The normalized spacial score (nSPS) is 15.7. The predicted octanol–water partition coefficient (Wildman–Crippen LogP) is 2.47. The first-order valence-corrected chi connectivity index (χ1v) is 9.42. The predicted molar refractivity (Wildman–Crippen MR) is 93.6 cm³/mol. The first-order valence-electron chi connectivity index (χ1n) is 7.62. The molecule has 11 heteroatoms. The van der Waals surface area contributed by atoms with Gasteiger partial charge in [0.1, 0.15) is 11.6 Å². The standard InChI is InChI=1S/C15H13N5O4S2/c1-8-17-19-14(26-8)16-12(21)7-25-15-20-18-13(24-15)11-6-22-9-4-2-3-5-10(9)23-11/h2-5,11H,6-7H2,1H3,(H,16,19,21)/t11-/m1/s1. The van der Waals surface area contributed by atoms with Crippen LogP contribution in [0.1, 0.15) is 17.0 Å². The van der Waals surface area contributed by atoms with Gasteiger partial charge in [0.25, 0.3) is 11.1 Å². The van der Waals surface area contributed by atoms with E-state index in [4.69, 9.17) is 13.9 Å². The van der Waals surface area contributed by atoms with Crippen LogP contribution < -0.4 is 14.8 Å². The summed E-state index contributed by atoms with van der Waals surface area (Å²) < 4.78 is 17.0. The molecule has 0 spiro atoms. The highest BCUT2D eigenvalue weighted by Gasteiger charge is 2.27. The van der Waals surface area contributed by atoms with Gasteiger partial charge in [0.05, 0.1) is 5.75 Å². The molecule has 0 bridgehead atoms. The Kier molecular flexibility index (Phi) is 4.71. The van der Waals surface area contributed by atoms with Crippen LogP contribution in [0.3, 0.4) is 0 Å². The molecule has 1 aliphatic heterocycles. The second-order valence-corrected chi connectivity index (χ2v) is 7.34. The number of fused-ring (bicyclic) bond motifs is 1. The Hall–Kier alpha value is -2.66. The minimum absolute atomic E-state index is 0.116. The van der Waals surface area contributed by atoms with Gasteiger partial charge in [-0.3, -0.25) is 10.1 Å². The van der Waals surface area contributed by atoms with Crippen molar-refractivity contribution < 1.29 is 18.7 Å². The van der Waals surface area contributed by atoms with E-state index in [0.29, 0.717) is 22.5 Å².